The zero-order valence-corrected chi connectivity index (χ0v) is 13.6. The second-order valence-corrected chi connectivity index (χ2v) is 7.25. The van der Waals surface area contributed by atoms with Crippen LogP contribution in [0.25, 0.3) is 0 Å². The Kier molecular flexibility index (Phi) is 4.88. The molecule has 0 aliphatic carbocycles. The number of alkyl halides is 1. The molecule has 1 aromatic heterocycles. The molecular weight excluding hydrogens is 328 g/mol. The molecule has 2 rings (SSSR count). The number of benzene rings is 1. The van der Waals surface area contributed by atoms with Gasteiger partial charge >= 0.3 is 0 Å². The fourth-order valence-electron chi connectivity index (χ4n) is 1.88. The van der Waals surface area contributed by atoms with Gasteiger partial charge in [0.25, 0.3) is 0 Å². The van der Waals surface area contributed by atoms with Gasteiger partial charge < -0.3 is 0 Å². The lowest BCUT2D eigenvalue weighted by Gasteiger charge is -2.12. The molecule has 0 fully saturated rings. The third-order valence-electron chi connectivity index (χ3n) is 3.29. The first-order valence-corrected chi connectivity index (χ1v) is 8.20. The summed E-state index contributed by atoms with van der Waals surface area (Å²) in [5.74, 6) is 0.614. The van der Waals surface area contributed by atoms with Crippen LogP contribution < -0.4 is 0 Å². The molecule has 1 heterocycles. The molecular formula is C15H16BrClS. The molecule has 18 heavy (non-hydrogen) atoms. The fourth-order valence-corrected chi connectivity index (χ4v) is 3.43. The Hall–Kier alpha value is -0.310. The first-order valence-electron chi connectivity index (χ1n) is 6.09. The van der Waals surface area contributed by atoms with Crippen molar-refractivity contribution in [2.24, 2.45) is 0 Å². The molecule has 0 aliphatic heterocycles. The number of rotatable bonds is 4. The SMILES string of the molecule is CCC(C)c1ccc(C(Cl)c2csc(Br)c2)cc1. The summed E-state index contributed by atoms with van der Waals surface area (Å²) in [6.07, 6.45) is 1.17. The van der Waals surface area contributed by atoms with Crippen molar-refractivity contribution in [2.75, 3.05) is 0 Å². The monoisotopic (exact) mass is 342 g/mol. The van der Waals surface area contributed by atoms with Crippen LogP contribution >= 0.6 is 38.9 Å². The third kappa shape index (κ3) is 3.17. The molecule has 0 radical (unpaired) electrons. The summed E-state index contributed by atoms with van der Waals surface area (Å²) in [5.41, 5.74) is 3.70. The van der Waals surface area contributed by atoms with Gasteiger partial charge in [-0.25, -0.2) is 0 Å². The van der Waals surface area contributed by atoms with Gasteiger partial charge in [-0.15, -0.1) is 22.9 Å². The Morgan fingerprint density at radius 1 is 1.17 bits per heavy atom. The molecule has 0 bridgehead atoms. The van der Waals surface area contributed by atoms with Gasteiger partial charge in [-0.05, 0) is 56.4 Å². The Labute approximate surface area is 126 Å². The van der Waals surface area contributed by atoms with Crippen LogP contribution in [0.2, 0.25) is 0 Å². The lowest BCUT2D eigenvalue weighted by molar-refractivity contribution is 0.733. The lowest BCUT2D eigenvalue weighted by Crippen LogP contribution is -1.94. The highest BCUT2D eigenvalue weighted by atomic mass is 79.9. The molecule has 0 amide bonds. The van der Waals surface area contributed by atoms with Gasteiger partial charge in [0.15, 0.2) is 0 Å². The highest BCUT2D eigenvalue weighted by molar-refractivity contribution is 9.11. The van der Waals surface area contributed by atoms with Crippen LogP contribution in [0.1, 0.15) is 48.3 Å². The van der Waals surface area contributed by atoms with Gasteiger partial charge in [-0.2, -0.15) is 0 Å². The number of hydrogen-bond donors (Lipinski definition) is 0. The van der Waals surface area contributed by atoms with E-state index in [1.165, 1.54) is 12.0 Å². The molecule has 2 unspecified atom stereocenters. The topological polar surface area (TPSA) is 0 Å². The van der Waals surface area contributed by atoms with Crippen molar-refractivity contribution < 1.29 is 0 Å². The maximum absolute atomic E-state index is 6.50. The van der Waals surface area contributed by atoms with E-state index in [1.807, 2.05) is 0 Å². The van der Waals surface area contributed by atoms with Gasteiger partial charge in [0, 0.05) is 0 Å². The Morgan fingerprint density at radius 2 is 1.78 bits per heavy atom. The second kappa shape index (κ2) is 6.23. The highest BCUT2D eigenvalue weighted by Gasteiger charge is 2.13. The second-order valence-electron chi connectivity index (χ2n) is 4.52. The van der Waals surface area contributed by atoms with Crippen LogP contribution in [-0.2, 0) is 0 Å². The standard InChI is InChI=1S/C15H16BrClS/c1-3-10(2)11-4-6-12(7-5-11)15(17)13-8-14(16)18-9-13/h4-10,15H,3H2,1-2H3. The van der Waals surface area contributed by atoms with E-state index in [4.69, 9.17) is 11.6 Å². The maximum Gasteiger partial charge on any atom is 0.0843 e. The van der Waals surface area contributed by atoms with Crippen molar-refractivity contribution in [3.8, 4) is 0 Å². The van der Waals surface area contributed by atoms with E-state index in [1.54, 1.807) is 11.3 Å². The molecule has 0 saturated carbocycles. The average molecular weight is 344 g/mol. The maximum atomic E-state index is 6.50. The highest BCUT2D eigenvalue weighted by Crippen LogP contribution is 2.34. The molecule has 1 aromatic carbocycles. The van der Waals surface area contributed by atoms with Crippen molar-refractivity contribution in [1.82, 2.24) is 0 Å². The summed E-state index contributed by atoms with van der Waals surface area (Å²) < 4.78 is 1.12. The van der Waals surface area contributed by atoms with E-state index in [0.29, 0.717) is 5.92 Å². The molecule has 3 heteroatoms. The summed E-state index contributed by atoms with van der Waals surface area (Å²) in [4.78, 5) is 0. The minimum Gasteiger partial charge on any atom is -0.136 e. The molecule has 0 nitrogen and oxygen atoms in total. The van der Waals surface area contributed by atoms with Crippen molar-refractivity contribution in [3.63, 3.8) is 0 Å². The summed E-state index contributed by atoms with van der Waals surface area (Å²) >= 11 is 11.6. The van der Waals surface area contributed by atoms with E-state index >= 15 is 0 Å². The summed E-state index contributed by atoms with van der Waals surface area (Å²) in [7, 11) is 0. The molecule has 0 saturated heterocycles. The first kappa shape index (κ1) is 14.1. The average Bonchev–Trinajstić information content (AvgIpc) is 2.84. The summed E-state index contributed by atoms with van der Waals surface area (Å²) in [6, 6.07) is 10.8. The van der Waals surface area contributed by atoms with Crippen molar-refractivity contribution in [1.29, 1.82) is 0 Å². The molecule has 2 aromatic rings. The Morgan fingerprint density at radius 3 is 2.28 bits per heavy atom. The minimum atomic E-state index is -0.0569. The Balaban J connectivity index is 2.19. The predicted molar refractivity (Wildman–Crippen MR) is 84.9 cm³/mol. The van der Waals surface area contributed by atoms with Crippen molar-refractivity contribution in [2.45, 2.75) is 31.6 Å². The van der Waals surface area contributed by atoms with Crippen LogP contribution in [0, 0.1) is 0 Å². The van der Waals surface area contributed by atoms with Gasteiger partial charge in [0.1, 0.15) is 0 Å². The van der Waals surface area contributed by atoms with Crippen LogP contribution in [0.3, 0.4) is 0 Å². The fraction of sp³-hybridized carbons (Fsp3) is 0.333. The quantitative estimate of drug-likeness (QED) is 0.567. The van der Waals surface area contributed by atoms with Crippen LogP contribution in [0.15, 0.2) is 39.5 Å². The zero-order chi connectivity index (χ0) is 13.1. The van der Waals surface area contributed by atoms with Gasteiger partial charge in [0.05, 0.1) is 9.16 Å². The Bertz CT molecular complexity index is 503. The van der Waals surface area contributed by atoms with Crippen molar-refractivity contribution >= 4 is 38.9 Å². The van der Waals surface area contributed by atoms with Crippen LogP contribution in [0.5, 0.6) is 0 Å². The van der Waals surface area contributed by atoms with Gasteiger partial charge in [-0.1, -0.05) is 38.1 Å². The van der Waals surface area contributed by atoms with E-state index in [9.17, 15) is 0 Å². The largest absolute Gasteiger partial charge is 0.136 e. The number of hydrogen-bond acceptors (Lipinski definition) is 1. The van der Waals surface area contributed by atoms with Gasteiger partial charge in [0.2, 0.25) is 0 Å². The molecule has 0 spiro atoms. The summed E-state index contributed by atoms with van der Waals surface area (Å²) in [5, 5.41) is 2.04. The molecule has 0 N–H and O–H groups in total. The minimum absolute atomic E-state index is 0.0569. The molecule has 96 valence electrons. The van der Waals surface area contributed by atoms with Gasteiger partial charge in [-0.3, -0.25) is 0 Å². The predicted octanol–water partition coefficient (Wildman–Crippen LogP) is 6.35. The molecule has 2 atom stereocenters. The van der Waals surface area contributed by atoms with Crippen molar-refractivity contribution in [3.05, 3.63) is 56.2 Å². The van der Waals surface area contributed by atoms with E-state index in [2.05, 4.69) is 65.5 Å². The van der Waals surface area contributed by atoms with E-state index in [-0.39, 0.29) is 5.38 Å². The van der Waals surface area contributed by atoms with E-state index in [0.717, 1.165) is 14.9 Å². The molecule has 0 aliphatic rings. The normalized spacial score (nSPS) is 14.4. The van der Waals surface area contributed by atoms with Crippen LogP contribution in [-0.4, -0.2) is 0 Å². The van der Waals surface area contributed by atoms with E-state index < -0.39 is 0 Å². The van der Waals surface area contributed by atoms with Crippen LogP contribution in [0.4, 0.5) is 0 Å². The number of halogens is 2. The lowest BCUT2D eigenvalue weighted by atomic mass is 9.96. The smallest absolute Gasteiger partial charge is 0.0843 e. The summed E-state index contributed by atoms with van der Waals surface area (Å²) in [6.45, 7) is 4.47. The third-order valence-corrected chi connectivity index (χ3v) is 5.32. The first-order chi connectivity index (χ1) is 8.61. The number of thiophene rings is 1. The zero-order valence-electron chi connectivity index (χ0n) is 10.5.